The number of aromatic nitrogens is 2. The van der Waals surface area contributed by atoms with Crippen molar-refractivity contribution in [2.24, 2.45) is 0 Å². The van der Waals surface area contributed by atoms with Crippen LogP contribution in [0.2, 0.25) is 0 Å². The van der Waals surface area contributed by atoms with Crippen LogP contribution in [0.5, 0.6) is 5.75 Å². The fourth-order valence-electron chi connectivity index (χ4n) is 4.40. The molecular weight excluding hydrogens is 356 g/mol. The summed E-state index contributed by atoms with van der Waals surface area (Å²) in [4.78, 5) is 4.29. The molecule has 3 aromatic rings. The lowest BCUT2D eigenvalue weighted by molar-refractivity contribution is -0.0206. The molecule has 7 nitrogen and oxygen atoms in total. The fraction of sp³-hybridized carbons (Fsp3) is 0.333. The summed E-state index contributed by atoms with van der Waals surface area (Å²) >= 11 is 0. The van der Waals surface area contributed by atoms with Gasteiger partial charge < -0.3 is 14.0 Å². The molecule has 28 heavy (non-hydrogen) atoms. The number of anilines is 1. The first-order valence-electron chi connectivity index (χ1n) is 9.29. The fourth-order valence-corrected chi connectivity index (χ4v) is 4.40. The van der Waals surface area contributed by atoms with E-state index < -0.39 is 0 Å². The van der Waals surface area contributed by atoms with Gasteiger partial charge in [-0.2, -0.15) is 5.01 Å². The molecule has 1 aromatic carbocycles. The van der Waals surface area contributed by atoms with Crippen LogP contribution in [0, 0.1) is 13.8 Å². The Hall–Kier alpha value is -2.90. The lowest BCUT2D eigenvalue weighted by Gasteiger charge is -2.40. The van der Waals surface area contributed by atoms with Crippen LogP contribution in [0.3, 0.4) is 0 Å². The Labute approximate surface area is 163 Å². The Bertz CT molecular complexity index is 1010. The van der Waals surface area contributed by atoms with Crippen molar-refractivity contribution in [1.29, 1.82) is 0 Å². The highest BCUT2D eigenvalue weighted by Crippen LogP contribution is 2.55. The summed E-state index contributed by atoms with van der Waals surface area (Å²) in [7, 11) is 3.77. The Balaban J connectivity index is 1.72. The van der Waals surface area contributed by atoms with Gasteiger partial charge >= 0.3 is 0 Å². The first-order chi connectivity index (χ1) is 13.6. The molecule has 0 amide bonds. The van der Waals surface area contributed by atoms with Gasteiger partial charge in [-0.05, 0) is 31.5 Å². The maximum Gasteiger partial charge on any atom is 0.154 e. The number of hydrazine groups is 1. The molecule has 2 aliphatic heterocycles. The SMILES string of the molecule is COC1c2ccc(-c3c(C)noc3C)c3c2N(C(c2cccnc2)CO3)N1C. The quantitative estimate of drug-likeness (QED) is 0.687. The summed E-state index contributed by atoms with van der Waals surface area (Å²) in [6, 6.07) is 8.24. The summed E-state index contributed by atoms with van der Waals surface area (Å²) in [5.74, 6) is 1.63. The van der Waals surface area contributed by atoms with E-state index in [9.17, 15) is 0 Å². The van der Waals surface area contributed by atoms with Gasteiger partial charge in [0.25, 0.3) is 0 Å². The predicted octanol–water partition coefficient (Wildman–Crippen LogP) is 3.80. The van der Waals surface area contributed by atoms with Gasteiger partial charge in [0, 0.05) is 37.7 Å². The molecule has 0 spiro atoms. The number of hydrogen-bond donors (Lipinski definition) is 0. The predicted molar refractivity (Wildman–Crippen MR) is 104 cm³/mol. The maximum absolute atomic E-state index is 6.37. The van der Waals surface area contributed by atoms with Crippen LogP contribution in [-0.4, -0.2) is 35.9 Å². The van der Waals surface area contributed by atoms with Crippen LogP contribution < -0.4 is 9.75 Å². The first kappa shape index (κ1) is 17.2. The van der Waals surface area contributed by atoms with Crippen molar-refractivity contribution >= 4 is 5.69 Å². The monoisotopic (exact) mass is 378 g/mol. The number of rotatable bonds is 3. The van der Waals surface area contributed by atoms with E-state index in [-0.39, 0.29) is 12.3 Å². The highest BCUT2D eigenvalue weighted by molar-refractivity contribution is 5.84. The molecule has 0 N–H and O–H groups in total. The third kappa shape index (κ3) is 2.30. The largest absolute Gasteiger partial charge is 0.488 e. The van der Waals surface area contributed by atoms with Gasteiger partial charge in [0.05, 0.1) is 11.3 Å². The zero-order valence-electron chi connectivity index (χ0n) is 16.3. The highest BCUT2D eigenvalue weighted by atomic mass is 16.5. The van der Waals surface area contributed by atoms with Gasteiger partial charge in [0.2, 0.25) is 0 Å². The Morgan fingerprint density at radius 3 is 2.75 bits per heavy atom. The van der Waals surface area contributed by atoms with Crippen molar-refractivity contribution < 1.29 is 14.0 Å². The Morgan fingerprint density at radius 2 is 2.07 bits per heavy atom. The van der Waals surface area contributed by atoms with Gasteiger partial charge in [0.1, 0.15) is 24.1 Å². The summed E-state index contributed by atoms with van der Waals surface area (Å²) in [5.41, 5.74) is 6.06. The van der Waals surface area contributed by atoms with Gasteiger partial charge in [-0.15, -0.1) is 0 Å². The molecule has 0 aliphatic carbocycles. The Kier molecular flexibility index (Phi) is 3.89. The van der Waals surface area contributed by atoms with Crippen LogP contribution >= 0.6 is 0 Å². The van der Waals surface area contributed by atoms with Crippen LogP contribution in [0.15, 0.2) is 41.2 Å². The molecule has 2 unspecified atom stereocenters. The number of ether oxygens (including phenoxy) is 2. The number of aryl methyl sites for hydroxylation is 2. The van der Waals surface area contributed by atoms with Gasteiger partial charge in [-0.3, -0.25) is 9.99 Å². The summed E-state index contributed by atoms with van der Waals surface area (Å²) < 4.78 is 17.6. The molecule has 2 aromatic heterocycles. The maximum atomic E-state index is 6.37. The van der Waals surface area contributed by atoms with Crippen LogP contribution in [0.1, 0.15) is 34.9 Å². The third-order valence-electron chi connectivity index (χ3n) is 5.61. The number of hydrogen-bond acceptors (Lipinski definition) is 7. The Morgan fingerprint density at radius 1 is 1.21 bits per heavy atom. The molecule has 0 bridgehead atoms. The van der Waals surface area contributed by atoms with Crippen molar-refractivity contribution in [3.05, 3.63) is 59.2 Å². The molecule has 0 saturated carbocycles. The molecule has 7 heteroatoms. The molecule has 5 rings (SSSR count). The third-order valence-corrected chi connectivity index (χ3v) is 5.61. The van der Waals surface area contributed by atoms with Crippen LogP contribution in [0.4, 0.5) is 5.69 Å². The molecule has 4 heterocycles. The van der Waals surface area contributed by atoms with Gasteiger partial charge in [0.15, 0.2) is 12.0 Å². The van der Waals surface area contributed by atoms with Crippen molar-refractivity contribution in [1.82, 2.24) is 15.1 Å². The van der Waals surface area contributed by atoms with E-state index in [2.05, 4.69) is 38.4 Å². The zero-order chi connectivity index (χ0) is 19.4. The summed E-state index contributed by atoms with van der Waals surface area (Å²) in [6.07, 6.45) is 3.51. The van der Waals surface area contributed by atoms with Crippen molar-refractivity contribution in [2.75, 3.05) is 25.8 Å². The number of methoxy groups -OCH3 is 1. The second kappa shape index (κ2) is 6.32. The molecule has 144 valence electrons. The number of nitrogens with zero attached hydrogens (tertiary/aromatic N) is 4. The molecule has 0 saturated heterocycles. The van der Waals surface area contributed by atoms with Gasteiger partial charge in [-0.25, -0.2) is 0 Å². The molecule has 0 radical (unpaired) electrons. The molecule has 0 fully saturated rings. The van der Waals surface area contributed by atoms with E-state index in [1.165, 1.54) is 0 Å². The molecular formula is C21H22N4O3. The minimum absolute atomic E-state index is 0.0185. The molecule has 2 aliphatic rings. The summed E-state index contributed by atoms with van der Waals surface area (Å²) in [5, 5.41) is 8.51. The lowest BCUT2D eigenvalue weighted by Crippen LogP contribution is -2.44. The van der Waals surface area contributed by atoms with E-state index in [0.717, 1.165) is 45.1 Å². The number of pyridine rings is 1. The van der Waals surface area contributed by atoms with Crippen molar-refractivity contribution in [2.45, 2.75) is 26.1 Å². The van der Waals surface area contributed by atoms with E-state index in [4.69, 9.17) is 14.0 Å². The van der Waals surface area contributed by atoms with Crippen LogP contribution in [-0.2, 0) is 4.74 Å². The highest BCUT2D eigenvalue weighted by Gasteiger charge is 2.45. The van der Waals surface area contributed by atoms with E-state index in [1.807, 2.05) is 33.2 Å². The minimum atomic E-state index is -0.173. The average Bonchev–Trinajstić information content (AvgIpc) is 3.20. The standard InChI is InChI=1S/C21H22N4O3/c1-12-18(13(2)28-23-12)15-7-8-16-19-20(15)27-11-17(14-6-5-9-22-10-14)25(19)24(3)21(16)26-4/h5-10,17,21H,11H2,1-4H3. The number of benzene rings is 1. The topological polar surface area (TPSA) is 63.9 Å². The van der Waals surface area contributed by atoms with Crippen molar-refractivity contribution in [3.63, 3.8) is 0 Å². The van der Waals surface area contributed by atoms with E-state index >= 15 is 0 Å². The van der Waals surface area contributed by atoms with Crippen molar-refractivity contribution in [3.8, 4) is 16.9 Å². The first-order valence-corrected chi connectivity index (χ1v) is 9.29. The normalized spacial score (nSPS) is 20.9. The van der Waals surface area contributed by atoms with Crippen LogP contribution in [0.25, 0.3) is 11.1 Å². The lowest BCUT2D eigenvalue weighted by atomic mass is 9.97. The summed E-state index contributed by atoms with van der Waals surface area (Å²) in [6.45, 7) is 4.40. The van der Waals surface area contributed by atoms with E-state index in [1.54, 1.807) is 13.3 Å². The second-order valence-electron chi connectivity index (χ2n) is 7.20. The zero-order valence-corrected chi connectivity index (χ0v) is 16.3. The molecule has 2 atom stereocenters. The van der Waals surface area contributed by atoms with Gasteiger partial charge in [-0.1, -0.05) is 17.3 Å². The second-order valence-corrected chi connectivity index (χ2v) is 7.20. The van der Waals surface area contributed by atoms with E-state index in [0.29, 0.717) is 6.61 Å². The minimum Gasteiger partial charge on any atom is -0.488 e. The average molecular weight is 378 g/mol. The smallest absolute Gasteiger partial charge is 0.154 e.